The number of benzene rings is 2. The van der Waals surface area contributed by atoms with E-state index in [4.69, 9.17) is 18.9 Å². The van der Waals surface area contributed by atoms with Crippen molar-refractivity contribution in [2.45, 2.75) is 65.2 Å². The van der Waals surface area contributed by atoms with Crippen LogP contribution in [0.25, 0.3) is 0 Å². The predicted octanol–water partition coefficient (Wildman–Crippen LogP) is 5.60. The van der Waals surface area contributed by atoms with Gasteiger partial charge >= 0.3 is 0 Å². The summed E-state index contributed by atoms with van der Waals surface area (Å²) in [6.45, 7) is 8.59. The van der Waals surface area contributed by atoms with Gasteiger partial charge in [-0.1, -0.05) is 39.3 Å². The Morgan fingerprint density at radius 3 is 2.53 bits per heavy atom. The molecule has 4 rings (SSSR count). The van der Waals surface area contributed by atoms with Gasteiger partial charge in [0.05, 0.1) is 39.2 Å². The summed E-state index contributed by atoms with van der Waals surface area (Å²) >= 11 is 0. The molecule has 0 aliphatic carbocycles. The largest absolute Gasteiger partial charge is 0.493 e. The van der Waals surface area contributed by atoms with Crippen molar-refractivity contribution in [2.75, 3.05) is 31.8 Å². The summed E-state index contributed by atoms with van der Waals surface area (Å²) in [4.78, 5) is 15.5. The second-order valence-electron chi connectivity index (χ2n) is 9.53. The lowest BCUT2D eigenvalue weighted by molar-refractivity contribution is -0.256. The number of aryl methyl sites for hydroxylation is 1. The van der Waals surface area contributed by atoms with Gasteiger partial charge in [0, 0.05) is 5.56 Å². The molecular formula is C28H37NO5. The Morgan fingerprint density at radius 1 is 1.06 bits per heavy atom. The first-order chi connectivity index (χ1) is 16.5. The van der Waals surface area contributed by atoms with Gasteiger partial charge in [0.25, 0.3) is 11.7 Å². The monoisotopic (exact) mass is 467 g/mol. The Balaban J connectivity index is 1.60. The number of nitrogens with zero attached hydrogens (tertiary/aromatic N) is 1. The van der Waals surface area contributed by atoms with Gasteiger partial charge in [0.1, 0.15) is 0 Å². The molecule has 0 atom stereocenters. The number of unbranched alkanes of at least 4 members (excludes halogenated alkanes) is 1. The van der Waals surface area contributed by atoms with Crippen LogP contribution in [0, 0.1) is 5.92 Å². The molecule has 0 bridgehead atoms. The molecule has 0 aromatic heterocycles. The molecule has 2 aromatic carbocycles. The topological polar surface area (TPSA) is 57.2 Å². The van der Waals surface area contributed by atoms with Crippen molar-refractivity contribution in [3.8, 4) is 11.5 Å². The lowest BCUT2D eigenvalue weighted by Gasteiger charge is -2.32. The maximum Gasteiger partial charge on any atom is 0.292 e. The maximum atomic E-state index is 13.7. The minimum absolute atomic E-state index is 0.161. The zero-order valence-corrected chi connectivity index (χ0v) is 20.9. The Hall–Kier alpha value is -2.57. The summed E-state index contributed by atoms with van der Waals surface area (Å²) in [5.41, 5.74) is 3.84. The summed E-state index contributed by atoms with van der Waals surface area (Å²) < 4.78 is 23.6. The first-order valence-corrected chi connectivity index (χ1v) is 12.5. The van der Waals surface area contributed by atoms with Gasteiger partial charge in [-0.3, -0.25) is 4.79 Å². The van der Waals surface area contributed by atoms with Crippen LogP contribution < -0.4 is 14.4 Å². The van der Waals surface area contributed by atoms with Crippen molar-refractivity contribution in [2.24, 2.45) is 5.92 Å². The highest BCUT2D eigenvalue weighted by molar-refractivity contribution is 6.06. The van der Waals surface area contributed by atoms with Gasteiger partial charge < -0.3 is 23.8 Å². The minimum atomic E-state index is -1.33. The minimum Gasteiger partial charge on any atom is -0.493 e. The van der Waals surface area contributed by atoms with E-state index >= 15 is 0 Å². The van der Waals surface area contributed by atoms with E-state index in [0.717, 1.165) is 54.7 Å². The molecule has 2 aromatic rings. The molecule has 0 unspecified atom stereocenters. The number of amides is 1. The predicted molar refractivity (Wildman–Crippen MR) is 132 cm³/mol. The lowest BCUT2D eigenvalue weighted by atomic mass is 10.00. The van der Waals surface area contributed by atoms with Crippen LogP contribution in [0.15, 0.2) is 36.4 Å². The number of rotatable bonds is 10. The van der Waals surface area contributed by atoms with Crippen LogP contribution in [-0.2, 0) is 33.0 Å². The fourth-order valence-electron chi connectivity index (χ4n) is 4.51. The van der Waals surface area contributed by atoms with E-state index in [1.807, 2.05) is 24.3 Å². The van der Waals surface area contributed by atoms with Gasteiger partial charge in [-0.15, -0.1) is 0 Å². The number of ether oxygens (including phenoxy) is 4. The molecule has 6 heteroatoms. The van der Waals surface area contributed by atoms with Gasteiger partial charge in [-0.2, -0.15) is 0 Å². The van der Waals surface area contributed by atoms with Crippen LogP contribution in [0.1, 0.15) is 63.1 Å². The highest BCUT2D eigenvalue weighted by Gasteiger charge is 2.54. The zero-order chi connectivity index (χ0) is 24.1. The quantitative estimate of drug-likeness (QED) is 0.455. The third kappa shape index (κ3) is 4.93. The third-order valence-corrected chi connectivity index (χ3v) is 6.47. The van der Waals surface area contributed by atoms with Crippen molar-refractivity contribution in [3.05, 3.63) is 53.1 Å². The SMILES string of the molecule is CCCCc1ccc2c(c1)C1(OCCCO1)C(=O)N2Cc1ccc(OCCC(C)C)c(OC)c1. The zero-order valence-electron chi connectivity index (χ0n) is 20.9. The van der Waals surface area contributed by atoms with Gasteiger partial charge in [-0.25, -0.2) is 0 Å². The van der Waals surface area contributed by atoms with Gasteiger partial charge in [0.15, 0.2) is 11.5 Å². The molecule has 0 saturated carbocycles. The van der Waals surface area contributed by atoms with Crippen molar-refractivity contribution in [1.29, 1.82) is 0 Å². The van der Waals surface area contributed by atoms with Crippen LogP contribution in [0.5, 0.6) is 11.5 Å². The molecule has 34 heavy (non-hydrogen) atoms. The molecule has 1 amide bonds. The summed E-state index contributed by atoms with van der Waals surface area (Å²) in [5, 5.41) is 0. The van der Waals surface area contributed by atoms with Crippen molar-refractivity contribution in [3.63, 3.8) is 0 Å². The summed E-state index contributed by atoms with van der Waals surface area (Å²) in [6, 6.07) is 12.1. The fraction of sp³-hybridized carbons (Fsp3) is 0.536. The average molecular weight is 468 g/mol. The highest BCUT2D eigenvalue weighted by atomic mass is 16.7. The lowest BCUT2D eigenvalue weighted by Crippen LogP contribution is -2.47. The smallest absolute Gasteiger partial charge is 0.292 e. The number of methoxy groups -OCH3 is 1. The summed E-state index contributed by atoms with van der Waals surface area (Å²) in [6.07, 6.45) is 4.97. The molecular weight excluding hydrogens is 430 g/mol. The normalized spacial score (nSPS) is 16.9. The van der Waals surface area contributed by atoms with Crippen LogP contribution in [-0.4, -0.2) is 32.8 Å². The van der Waals surface area contributed by atoms with Crippen LogP contribution in [0.3, 0.4) is 0 Å². The summed E-state index contributed by atoms with van der Waals surface area (Å²) in [5.74, 6) is 0.468. The van der Waals surface area contributed by atoms with Crippen molar-refractivity contribution >= 4 is 11.6 Å². The average Bonchev–Trinajstić information content (AvgIpc) is 3.06. The van der Waals surface area contributed by atoms with Crippen LogP contribution in [0.4, 0.5) is 5.69 Å². The maximum absolute atomic E-state index is 13.7. The van der Waals surface area contributed by atoms with Crippen LogP contribution in [0.2, 0.25) is 0 Å². The molecule has 2 aliphatic rings. The fourth-order valence-corrected chi connectivity index (χ4v) is 4.51. The molecule has 0 radical (unpaired) electrons. The number of carbonyl (C=O) groups excluding carboxylic acids is 1. The van der Waals surface area contributed by atoms with E-state index in [-0.39, 0.29) is 5.91 Å². The number of carbonyl (C=O) groups is 1. The first-order valence-electron chi connectivity index (χ1n) is 12.5. The Kier molecular flexibility index (Phi) is 7.79. The third-order valence-electron chi connectivity index (χ3n) is 6.47. The second kappa shape index (κ2) is 10.8. The molecule has 2 aliphatic heterocycles. The van der Waals surface area contributed by atoms with E-state index in [1.54, 1.807) is 12.0 Å². The number of anilines is 1. The standard InChI is InChI=1S/C28H37NO5/c1-5-6-8-21-9-11-24-23(17-21)28(33-14-7-15-34-28)27(30)29(24)19-22-10-12-25(26(18-22)31-4)32-16-13-20(2)3/h9-12,17-18,20H,5-8,13-16,19H2,1-4H3. The Morgan fingerprint density at radius 2 is 1.82 bits per heavy atom. The summed E-state index contributed by atoms with van der Waals surface area (Å²) in [7, 11) is 1.64. The molecule has 1 saturated heterocycles. The Bertz CT molecular complexity index is 996. The molecule has 1 spiro atoms. The Labute approximate surface area is 203 Å². The molecule has 184 valence electrons. The second-order valence-corrected chi connectivity index (χ2v) is 9.53. The first kappa shape index (κ1) is 24.6. The highest BCUT2D eigenvalue weighted by Crippen LogP contribution is 2.46. The van der Waals surface area contributed by atoms with Crippen LogP contribution >= 0.6 is 0 Å². The van der Waals surface area contributed by atoms with Crippen molar-refractivity contribution in [1.82, 2.24) is 0 Å². The molecule has 2 heterocycles. The molecule has 0 N–H and O–H groups in total. The van der Waals surface area contributed by atoms with E-state index in [2.05, 4.69) is 32.9 Å². The number of hydrogen-bond donors (Lipinski definition) is 0. The molecule has 1 fully saturated rings. The van der Waals surface area contributed by atoms with Gasteiger partial charge in [0.2, 0.25) is 0 Å². The molecule has 6 nitrogen and oxygen atoms in total. The number of fused-ring (bicyclic) bond motifs is 2. The van der Waals surface area contributed by atoms with Gasteiger partial charge in [-0.05, 0) is 67.0 Å². The van der Waals surface area contributed by atoms with E-state index in [0.29, 0.717) is 38.0 Å². The van der Waals surface area contributed by atoms with E-state index in [1.165, 1.54) is 5.56 Å². The van der Waals surface area contributed by atoms with E-state index < -0.39 is 5.79 Å². The van der Waals surface area contributed by atoms with E-state index in [9.17, 15) is 4.79 Å². The number of hydrogen-bond acceptors (Lipinski definition) is 5. The van der Waals surface area contributed by atoms with Crippen molar-refractivity contribution < 1.29 is 23.7 Å².